The highest BCUT2D eigenvalue weighted by Gasteiger charge is 2.21. The molecule has 0 unspecified atom stereocenters. The molecule has 1 heterocycles. The van der Waals surface area contributed by atoms with Gasteiger partial charge >= 0.3 is 6.09 Å². The van der Waals surface area contributed by atoms with Crippen molar-refractivity contribution < 1.29 is 14.3 Å². The Hall–Kier alpha value is -3.21. The number of aldehydes is 1. The van der Waals surface area contributed by atoms with Crippen LogP contribution in [0.25, 0.3) is 22.0 Å². The number of amides is 1. The van der Waals surface area contributed by atoms with Crippen molar-refractivity contribution in [3.8, 4) is 11.1 Å². The van der Waals surface area contributed by atoms with E-state index in [9.17, 15) is 9.59 Å². The third kappa shape index (κ3) is 5.72. The van der Waals surface area contributed by atoms with E-state index in [0.717, 1.165) is 51.6 Å². The van der Waals surface area contributed by atoms with Gasteiger partial charge in [0.1, 0.15) is 11.9 Å². The molecule has 0 fully saturated rings. The molecular weight excluding hydrogens is 400 g/mol. The monoisotopic (exact) mass is 432 g/mol. The first-order valence-corrected chi connectivity index (χ1v) is 11.0. The molecule has 0 bridgehead atoms. The van der Waals surface area contributed by atoms with E-state index in [1.54, 1.807) is 6.07 Å². The molecule has 3 rings (SSSR count). The molecule has 5 nitrogen and oxygen atoms in total. The predicted octanol–water partition coefficient (Wildman–Crippen LogP) is 6.25. The van der Waals surface area contributed by atoms with Gasteiger partial charge in [-0.05, 0) is 69.4 Å². The molecule has 168 valence electrons. The molecule has 0 radical (unpaired) electrons. The van der Waals surface area contributed by atoms with Gasteiger partial charge in [-0.15, -0.1) is 0 Å². The number of carbonyl (C=O) groups excluding carboxylic acids is 2. The molecule has 1 amide bonds. The lowest BCUT2D eigenvalue weighted by atomic mass is 9.90. The van der Waals surface area contributed by atoms with Gasteiger partial charge in [0, 0.05) is 28.8 Å². The van der Waals surface area contributed by atoms with Crippen molar-refractivity contribution >= 4 is 23.3 Å². The molecule has 5 heteroatoms. The van der Waals surface area contributed by atoms with Gasteiger partial charge in [0.2, 0.25) is 0 Å². The van der Waals surface area contributed by atoms with Gasteiger partial charge in [-0.2, -0.15) is 0 Å². The number of aromatic nitrogens is 1. The smallest absolute Gasteiger partial charge is 0.407 e. The maximum atomic E-state index is 12.4. The zero-order valence-electron chi connectivity index (χ0n) is 19.8. The number of aryl methyl sites for hydroxylation is 1. The molecule has 0 saturated carbocycles. The van der Waals surface area contributed by atoms with Crippen molar-refractivity contribution in [2.75, 3.05) is 0 Å². The van der Waals surface area contributed by atoms with Gasteiger partial charge in [-0.25, -0.2) is 4.79 Å². The fourth-order valence-corrected chi connectivity index (χ4v) is 3.72. The van der Waals surface area contributed by atoms with E-state index in [4.69, 9.17) is 9.72 Å². The maximum absolute atomic E-state index is 12.4. The van der Waals surface area contributed by atoms with Crippen LogP contribution in [-0.4, -0.2) is 23.0 Å². The Morgan fingerprint density at radius 1 is 1.12 bits per heavy atom. The van der Waals surface area contributed by atoms with E-state index < -0.39 is 11.7 Å². The number of nitrogens with zero attached hydrogens (tertiary/aromatic N) is 1. The van der Waals surface area contributed by atoms with Crippen LogP contribution in [0.4, 0.5) is 4.79 Å². The molecule has 32 heavy (non-hydrogen) atoms. The molecule has 3 aromatic rings. The third-order valence-electron chi connectivity index (χ3n) is 5.08. The van der Waals surface area contributed by atoms with Crippen molar-refractivity contribution in [3.63, 3.8) is 0 Å². The Morgan fingerprint density at radius 2 is 1.81 bits per heavy atom. The fourth-order valence-electron chi connectivity index (χ4n) is 3.72. The minimum Gasteiger partial charge on any atom is -0.444 e. The lowest BCUT2D eigenvalue weighted by molar-refractivity contribution is 0.0523. The standard InChI is InChI=1S/C27H32N2O3/c1-17(2)13-24-22(15-28-26(31)32-27(4,5)6)25(20-10-7-18(3)8-11-20)21-14-19(16-30)9-12-23(21)29-24/h7-12,14,16-17H,13,15H2,1-6H3,(H,28,31). The summed E-state index contributed by atoms with van der Waals surface area (Å²) in [4.78, 5) is 28.9. The number of rotatable bonds is 6. The van der Waals surface area contributed by atoms with E-state index in [1.165, 1.54) is 0 Å². The zero-order chi connectivity index (χ0) is 23.5. The SMILES string of the molecule is Cc1ccc(-c2c(CNC(=O)OC(C)(C)C)c(CC(C)C)nc3ccc(C=O)cc23)cc1. The first-order valence-electron chi connectivity index (χ1n) is 11.0. The van der Waals surface area contributed by atoms with Crippen molar-refractivity contribution in [2.45, 2.75) is 60.1 Å². The summed E-state index contributed by atoms with van der Waals surface area (Å²) in [6.45, 7) is 12.2. The molecule has 2 aromatic carbocycles. The van der Waals surface area contributed by atoms with Crippen molar-refractivity contribution in [2.24, 2.45) is 5.92 Å². The van der Waals surface area contributed by atoms with Crippen LogP contribution in [0.2, 0.25) is 0 Å². The van der Waals surface area contributed by atoms with Crippen LogP contribution in [-0.2, 0) is 17.7 Å². The Balaban J connectivity index is 2.21. The number of alkyl carbamates (subject to hydrolysis) is 1. The summed E-state index contributed by atoms with van der Waals surface area (Å²) in [6, 6.07) is 13.9. The highest BCUT2D eigenvalue weighted by molar-refractivity contribution is 5.99. The molecule has 0 atom stereocenters. The second kappa shape index (κ2) is 9.51. The number of nitrogens with one attached hydrogen (secondary N) is 1. The number of benzene rings is 2. The largest absolute Gasteiger partial charge is 0.444 e. The molecule has 0 spiro atoms. The highest BCUT2D eigenvalue weighted by atomic mass is 16.6. The maximum Gasteiger partial charge on any atom is 0.407 e. The summed E-state index contributed by atoms with van der Waals surface area (Å²) in [6.07, 6.45) is 1.15. The van der Waals surface area contributed by atoms with E-state index >= 15 is 0 Å². The Kier molecular flexibility index (Phi) is 6.97. The van der Waals surface area contributed by atoms with E-state index in [2.05, 4.69) is 43.4 Å². The van der Waals surface area contributed by atoms with Gasteiger partial charge < -0.3 is 10.1 Å². The van der Waals surface area contributed by atoms with Crippen molar-refractivity contribution in [1.29, 1.82) is 0 Å². The number of ether oxygens (including phenoxy) is 1. The Bertz CT molecular complexity index is 1130. The van der Waals surface area contributed by atoms with E-state index in [-0.39, 0.29) is 6.54 Å². The van der Waals surface area contributed by atoms with Gasteiger partial charge in [-0.3, -0.25) is 9.78 Å². The first-order chi connectivity index (χ1) is 15.1. The molecule has 1 aromatic heterocycles. The second-order valence-electron chi connectivity index (χ2n) is 9.63. The summed E-state index contributed by atoms with van der Waals surface area (Å²) in [5.74, 6) is 0.389. The Labute approximate surface area is 190 Å². The summed E-state index contributed by atoms with van der Waals surface area (Å²) >= 11 is 0. The number of pyridine rings is 1. The zero-order valence-corrected chi connectivity index (χ0v) is 19.8. The van der Waals surface area contributed by atoms with Gasteiger partial charge in [-0.1, -0.05) is 43.7 Å². The summed E-state index contributed by atoms with van der Waals surface area (Å²) in [5, 5.41) is 3.81. The lowest BCUT2D eigenvalue weighted by Crippen LogP contribution is -2.32. The molecule has 0 saturated heterocycles. The summed E-state index contributed by atoms with van der Waals surface area (Å²) in [7, 11) is 0. The van der Waals surface area contributed by atoms with Crippen molar-refractivity contribution in [3.05, 3.63) is 64.8 Å². The normalized spacial score (nSPS) is 11.6. The molecule has 1 N–H and O–H groups in total. The summed E-state index contributed by atoms with van der Waals surface area (Å²) in [5.41, 5.74) is 5.92. The van der Waals surface area contributed by atoms with Crippen LogP contribution in [0.5, 0.6) is 0 Å². The van der Waals surface area contributed by atoms with Crippen molar-refractivity contribution in [1.82, 2.24) is 10.3 Å². The van der Waals surface area contributed by atoms with E-state index in [1.807, 2.05) is 39.8 Å². The average molecular weight is 433 g/mol. The van der Waals surface area contributed by atoms with Gasteiger partial charge in [0.15, 0.2) is 0 Å². The van der Waals surface area contributed by atoms with Crippen LogP contribution in [0, 0.1) is 12.8 Å². The number of carbonyl (C=O) groups is 2. The molecule has 0 aliphatic heterocycles. The van der Waals surface area contributed by atoms with E-state index in [0.29, 0.717) is 11.5 Å². The topological polar surface area (TPSA) is 68.3 Å². The number of fused-ring (bicyclic) bond motifs is 1. The highest BCUT2D eigenvalue weighted by Crippen LogP contribution is 2.35. The lowest BCUT2D eigenvalue weighted by Gasteiger charge is -2.22. The van der Waals surface area contributed by atoms with Gasteiger partial charge in [0.05, 0.1) is 5.52 Å². The van der Waals surface area contributed by atoms with Crippen LogP contribution in [0.1, 0.15) is 61.8 Å². The quantitative estimate of drug-likeness (QED) is 0.468. The van der Waals surface area contributed by atoms with Gasteiger partial charge in [0.25, 0.3) is 0 Å². The van der Waals surface area contributed by atoms with Crippen LogP contribution < -0.4 is 5.32 Å². The number of hydrogen-bond acceptors (Lipinski definition) is 4. The molecular formula is C27H32N2O3. The summed E-state index contributed by atoms with van der Waals surface area (Å²) < 4.78 is 5.45. The van der Waals surface area contributed by atoms with Crippen LogP contribution in [0.15, 0.2) is 42.5 Å². The second-order valence-corrected chi connectivity index (χ2v) is 9.63. The minimum atomic E-state index is -0.578. The molecule has 0 aliphatic carbocycles. The number of hydrogen-bond donors (Lipinski definition) is 1. The minimum absolute atomic E-state index is 0.286. The molecule has 0 aliphatic rings. The third-order valence-corrected chi connectivity index (χ3v) is 5.08. The van der Waals surface area contributed by atoms with Crippen LogP contribution in [0.3, 0.4) is 0 Å². The average Bonchev–Trinajstić information content (AvgIpc) is 2.70. The fraction of sp³-hybridized carbons (Fsp3) is 0.370. The predicted molar refractivity (Wildman–Crippen MR) is 129 cm³/mol. The van der Waals surface area contributed by atoms with Crippen LogP contribution >= 0.6 is 0 Å². The first kappa shape index (κ1) is 23.5. The Morgan fingerprint density at radius 3 is 2.41 bits per heavy atom.